The summed E-state index contributed by atoms with van der Waals surface area (Å²) in [6, 6.07) is 0. The van der Waals surface area contributed by atoms with E-state index in [1.165, 1.54) is 141 Å². The minimum atomic E-state index is -0.788. The molecule has 0 rings (SSSR count). The van der Waals surface area contributed by atoms with E-state index in [0.29, 0.717) is 12.8 Å². The van der Waals surface area contributed by atoms with Crippen molar-refractivity contribution in [3.63, 3.8) is 0 Å². The van der Waals surface area contributed by atoms with Crippen LogP contribution in [0, 0.1) is 0 Å². The lowest BCUT2D eigenvalue weighted by molar-refractivity contribution is -0.161. The molecule has 0 amide bonds. The average Bonchev–Trinajstić information content (AvgIpc) is 3.13. The maximum absolute atomic E-state index is 12.2. The molecule has 1 atom stereocenters. The van der Waals surface area contributed by atoms with Crippen molar-refractivity contribution in [2.24, 2.45) is 0 Å². The molecular weight excluding hydrogens is 633 g/mol. The van der Waals surface area contributed by atoms with Crippen LogP contribution in [0.5, 0.6) is 0 Å². The van der Waals surface area contributed by atoms with E-state index in [9.17, 15) is 14.7 Å². The van der Waals surface area contributed by atoms with Gasteiger partial charge in [-0.15, -0.1) is 0 Å². The SMILES string of the molecule is CCCC/C=C/C/C=C/CCCCCCCC(=O)O[C@@H](CO)COC(=O)CCC/C=C/CCCCCCCCCCCCCCCCCCCC. The second-order valence-corrected chi connectivity index (χ2v) is 14.8. The van der Waals surface area contributed by atoms with Crippen LogP contribution in [0.25, 0.3) is 0 Å². The third kappa shape index (κ3) is 40.7. The molecule has 0 spiro atoms. The molecular formula is C46H84O5. The first kappa shape index (κ1) is 49.1. The van der Waals surface area contributed by atoms with Crippen LogP contribution in [0.2, 0.25) is 0 Å². The van der Waals surface area contributed by atoms with Gasteiger partial charge in [-0.1, -0.05) is 192 Å². The number of carbonyl (C=O) groups is 2. The number of rotatable bonds is 40. The summed E-state index contributed by atoms with van der Waals surface area (Å²) in [5.41, 5.74) is 0. The predicted molar refractivity (Wildman–Crippen MR) is 219 cm³/mol. The highest BCUT2D eigenvalue weighted by Crippen LogP contribution is 2.15. The molecule has 0 aromatic rings. The Bertz CT molecular complexity index is 816. The molecule has 0 aliphatic heterocycles. The first-order chi connectivity index (χ1) is 25.1. The Morgan fingerprint density at radius 1 is 0.451 bits per heavy atom. The van der Waals surface area contributed by atoms with E-state index in [1.807, 2.05) is 0 Å². The molecule has 5 nitrogen and oxygen atoms in total. The molecule has 0 heterocycles. The van der Waals surface area contributed by atoms with E-state index in [-0.39, 0.29) is 25.2 Å². The molecule has 0 aliphatic rings. The van der Waals surface area contributed by atoms with Gasteiger partial charge >= 0.3 is 11.9 Å². The number of esters is 2. The van der Waals surface area contributed by atoms with Crippen molar-refractivity contribution in [2.45, 2.75) is 232 Å². The van der Waals surface area contributed by atoms with Gasteiger partial charge in [-0.3, -0.25) is 9.59 Å². The molecule has 0 aromatic heterocycles. The van der Waals surface area contributed by atoms with Crippen LogP contribution < -0.4 is 0 Å². The average molecular weight is 717 g/mol. The second kappa shape index (κ2) is 42.5. The fraction of sp³-hybridized carbons (Fsp3) is 0.826. The summed E-state index contributed by atoms with van der Waals surface area (Å²) in [7, 11) is 0. The minimum Gasteiger partial charge on any atom is -0.462 e. The summed E-state index contributed by atoms with van der Waals surface area (Å²) < 4.78 is 10.6. The van der Waals surface area contributed by atoms with Crippen LogP contribution in [0.15, 0.2) is 36.5 Å². The van der Waals surface area contributed by atoms with E-state index in [4.69, 9.17) is 9.47 Å². The molecule has 0 saturated carbocycles. The Labute approximate surface area is 316 Å². The summed E-state index contributed by atoms with van der Waals surface area (Å²) in [6.07, 6.45) is 52.3. The lowest BCUT2D eigenvalue weighted by Gasteiger charge is -2.15. The largest absolute Gasteiger partial charge is 0.462 e. The zero-order chi connectivity index (χ0) is 37.1. The molecule has 51 heavy (non-hydrogen) atoms. The Kier molecular flexibility index (Phi) is 41.0. The molecule has 0 aliphatic carbocycles. The molecule has 0 radical (unpaired) electrons. The molecule has 0 unspecified atom stereocenters. The van der Waals surface area contributed by atoms with E-state index in [2.05, 4.69) is 50.3 Å². The highest BCUT2D eigenvalue weighted by Gasteiger charge is 2.16. The molecule has 0 bridgehead atoms. The van der Waals surface area contributed by atoms with Crippen molar-refractivity contribution < 1.29 is 24.2 Å². The highest BCUT2D eigenvalue weighted by atomic mass is 16.6. The number of hydrogen-bond donors (Lipinski definition) is 1. The lowest BCUT2D eigenvalue weighted by atomic mass is 10.0. The van der Waals surface area contributed by atoms with Gasteiger partial charge in [0.2, 0.25) is 0 Å². The molecule has 0 aromatic carbocycles. The normalized spacial score (nSPS) is 12.5. The number of carbonyl (C=O) groups excluding carboxylic acids is 2. The second-order valence-electron chi connectivity index (χ2n) is 14.8. The van der Waals surface area contributed by atoms with Crippen molar-refractivity contribution in [3.05, 3.63) is 36.5 Å². The summed E-state index contributed by atoms with van der Waals surface area (Å²) >= 11 is 0. The van der Waals surface area contributed by atoms with Crippen molar-refractivity contribution in [3.8, 4) is 0 Å². The van der Waals surface area contributed by atoms with Crippen molar-refractivity contribution in [1.82, 2.24) is 0 Å². The number of unbranched alkanes of at least 4 members (excludes halogenated alkanes) is 26. The lowest BCUT2D eigenvalue weighted by Crippen LogP contribution is -2.28. The van der Waals surface area contributed by atoms with Crippen molar-refractivity contribution in [1.29, 1.82) is 0 Å². The summed E-state index contributed by atoms with van der Waals surface area (Å²) in [5.74, 6) is -0.639. The van der Waals surface area contributed by atoms with Gasteiger partial charge in [-0.2, -0.15) is 0 Å². The monoisotopic (exact) mass is 717 g/mol. The maximum atomic E-state index is 12.2. The molecule has 0 fully saturated rings. The fourth-order valence-corrected chi connectivity index (χ4v) is 6.28. The first-order valence-corrected chi connectivity index (χ1v) is 22.0. The van der Waals surface area contributed by atoms with Crippen molar-refractivity contribution in [2.75, 3.05) is 13.2 Å². The summed E-state index contributed by atoms with van der Waals surface area (Å²) in [4.78, 5) is 24.3. The van der Waals surface area contributed by atoms with Crippen LogP contribution in [0.4, 0.5) is 0 Å². The quantitative estimate of drug-likeness (QED) is 0.0388. The van der Waals surface area contributed by atoms with Crippen LogP contribution in [-0.4, -0.2) is 36.4 Å². The van der Waals surface area contributed by atoms with Gasteiger partial charge in [0.1, 0.15) is 6.61 Å². The van der Waals surface area contributed by atoms with E-state index >= 15 is 0 Å². The third-order valence-electron chi connectivity index (χ3n) is 9.66. The molecule has 5 heteroatoms. The van der Waals surface area contributed by atoms with Crippen LogP contribution in [0.3, 0.4) is 0 Å². The smallest absolute Gasteiger partial charge is 0.306 e. The van der Waals surface area contributed by atoms with Crippen LogP contribution in [0.1, 0.15) is 226 Å². The van der Waals surface area contributed by atoms with Gasteiger partial charge in [0.05, 0.1) is 6.61 Å². The summed E-state index contributed by atoms with van der Waals surface area (Å²) in [6.45, 7) is 4.08. The third-order valence-corrected chi connectivity index (χ3v) is 9.66. The molecule has 1 N–H and O–H groups in total. The summed E-state index contributed by atoms with van der Waals surface area (Å²) in [5, 5.41) is 9.56. The van der Waals surface area contributed by atoms with Gasteiger partial charge in [0.25, 0.3) is 0 Å². The molecule has 298 valence electrons. The Morgan fingerprint density at radius 3 is 1.29 bits per heavy atom. The Morgan fingerprint density at radius 2 is 0.824 bits per heavy atom. The zero-order valence-electron chi connectivity index (χ0n) is 33.9. The Hall–Kier alpha value is -1.88. The van der Waals surface area contributed by atoms with Crippen LogP contribution >= 0.6 is 0 Å². The van der Waals surface area contributed by atoms with Crippen LogP contribution in [-0.2, 0) is 19.1 Å². The van der Waals surface area contributed by atoms with E-state index < -0.39 is 6.10 Å². The number of aliphatic hydroxyl groups excluding tert-OH is 1. The molecule has 0 saturated heterocycles. The van der Waals surface area contributed by atoms with E-state index in [1.54, 1.807) is 0 Å². The van der Waals surface area contributed by atoms with Gasteiger partial charge in [-0.25, -0.2) is 0 Å². The fourth-order valence-electron chi connectivity index (χ4n) is 6.28. The zero-order valence-corrected chi connectivity index (χ0v) is 33.9. The van der Waals surface area contributed by atoms with Crippen molar-refractivity contribution >= 4 is 11.9 Å². The Balaban J connectivity index is 3.53. The van der Waals surface area contributed by atoms with Gasteiger partial charge < -0.3 is 14.6 Å². The first-order valence-electron chi connectivity index (χ1n) is 22.0. The predicted octanol–water partition coefficient (Wildman–Crippen LogP) is 14.0. The number of ether oxygens (including phenoxy) is 2. The van der Waals surface area contributed by atoms with Gasteiger partial charge in [0.15, 0.2) is 6.10 Å². The highest BCUT2D eigenvalue weighted by molar-refractivity contribution is 5.70. The topological polar surface area (TPSA) is 72.8 Å². The van der Waals surface area contributed by atoms with Gasteiger partial charge in [-0.05, 0) is 57.8 Å². The standard InChI is InChI=1S/C46H84O5/c1-3-5-7-9-11-13-15-17-19-20-21-22-23-24-25-26-27-29-30-32-34-36-38-40-45(48)50-43-44(42-47)51-46(49)41-39-37-35-33-31-28-18-16-14-12-10-8-6-4-2/h10,12,16,18,32,34,44,47H,3-9,11,13-15,17,19-31,33,35-43H2,1-2H3/b12-10+,18-16+,34-32+/t44-/m0/s1. The number of allylic oxidation sites excluding steroid dienone is 6. The number of hydrogen-bond acceptors (Lipinski definition) is 5. The minimum absolute atomic E-state index is 0.0850. The maximum Gasteiger partial charge on any atom is 0.306 e. The van der Waals surface area contributed by atoms with E-state index in [0.717, 1.165) is 57.8 Å². The number of aliphatic hydroxyl groups is 1. The van der Waals surface area contributed by atoms with Gasteiger partial charge in [0, 0.05) is 12.8 Å².